The van der Waals surface area contributed by atoms with Gasteiger partial charge in [0.15, 0.2) is 0 Å². The second kappa shape index (κ2) is 4.95. The Morgan fingerprint density at radius 1 is 1.65 bits per heavy atom. The zero-order valence-corrected chi connectivity index (χ0v) is 9.87. The molecule has 6 nitrogen and oxygen atoms in total. The van der Waals surface area contributed by atoms with Gasteiger partial charge in [-0.2, -0.15) is 5.26 Å². The van der Waals surface area contributed by atoms with Crippen molar-refractivity contribution in [2.24, 2.45) is 5.41 Å². The number of rotatable bonds is 3. The molecule has 0 aromatic rings. The highest BCUT2D eigenvalue weighted by Crippen LogP contribution is 2.20. The van der Waals surface area contributed by atoms with Crippen molar-refractivity contribution in [3.8, 4) is 6.07 Å². The predicted octanol–water partition coefficient (Wildman–Crippen LogP) is -0.152. The maximum absolute atomic E-state index is 11.8. The quantitative estimate of drug-likeness (QED) is 0.666. The normalized spacial score (nSPS) is 23.2. The van der Waals surface area contributed by atoms with Gasteiger partial charge in [-0.05, 0) is 19.8 Å². The molecule has 3 amide bonds. The summed E-state index contributed by atoms with van der Waals surface area (Å²) in [7, 11) is 0. The van der Waals surface area contributed by atoms with E-state index < -0.39 is 23.3 Å². The van der Waals surface area contributed by atoms with Crippen LogP contribution in [-0.4, -0.2) is 23.8 Å². The van der Waals surface area contributed by atoms with Crippen molar-refractivity contribution in [3.05, 3.63) is 0 Å². The summed E-state index contributed by atoms with van der Waals surface area (Å²) in [5.41, 5.74) is -1.14. The molecule has 1 aliphatic rings. The SMILES string of the molecule is CCC(C)(C#N)C(=O)NC1CCC(=O)NC1=O. The maximum Gasteiger partial charge on any atom is 0.249 e. The Hall–Kier alpha value is -1.90. The second-order valence-electron chi connectivity index (χ2n) is 4.27. The van der Waals surface area contributed by atoms with Crippen LogP contribution in [0.5, 0.6) is 0 Å². The third-order valence-corrected chi connectivity index (χ3v) is 3.00. The molecule has 2 atom stereocenters. The molecule has 0 radical (unpaired) electrons. The Balaban J connectivity index is 2.67. The summed E-state index contributed by atoms with van der Waals surface area (Å²) in [5.74, 6) is -1.32. The Bertz CT molecular complexity index is 399. The van der Waals surface area contributed by atoms with Gasteiger partial charge in [0.1, 0.15) is 11.5 Å². The minimum absolute atomic E-state index is 0.200. The summed E-state index contributed by atoms with van der Waals surface area (Å²) in [4.78, 5) is 34.2. The second-order valence-corrected chi connectivity index (χ2v) is 4.27. The van der Waals surface area contributed by atoms with Gasteiger partial charge in [0.05, 0.1) is 6.07 Å². The average Bonchev–Trinajstić information content (AvgIpc) is 2.31. The molecule has 1 aliphatic heterocycles. The van der Waals surface area contributed by atoms with E-state index in [4.69, 9.17) is 5.26 Å². The van der Waals surface area contributed by atoms with E-state index in [9.17, 15) is 14.4 Å². The first kappa shape index (κ1) is 13.2. The fourth-order valence-electron chi connectivity index (χ4n) is 1.44. The van der Waals surface area contributed by atoms with E-state index in [0.717, 1.165) is 0 Å². The molecule has 0 bridgehead atoms. The Morgan fingerprint density at radius 3 is 2.76 bits per heavy atom. The highest BCUT2D eigenvalue weighted by Gasteiger charge is 2.35. The molecule has 92 valence electrons. The predicted molar refractivity (Wildman–Crippen MR) is 58.3 cm³/mol. The highest BCUT2D eigenvalue weighted by atomic mass is 16.2. The molecule has 0 spiro atoms. The van der Waals surface area contributed by atoms with Gasteiger partial charge in [-0.25, -0.2) is 0 Å². The van der Waals surface area contributed by atoms with Crippen LogP contribution in [-0.2, 0) is 14.4 Å². The van der Waals surface area contributed by atoms with Crippen molar-refractivity contribution in [1.29, 1.82) is 5.26 Å². The molecule has 0 aromatic heterocycles. The Morgan fingerprint density at radius 2 is 2.29 bits per heavy atom. The van der Waals surface area contributed by atoms with Crippen molar-refractivity contribution in [3.63, 3.8) is 0 Å². The number of nitrogens with one attached hydrogen (secondary N) is 2. The number of carbonyl (C=O) groups is 3. The lowest BCUT2D eigenvalue weighted by atomic mass is 9.88. The van der Waals surface area contributed by atoms with Crippen molar-refractivity contribution in [2.45, 2.75) is 39.2 Å². The smallest absolute Gasteiger partial charge is 0.249 e. The maximum atomic E-state index is 11.8. The van der Waals surface area contributed by atoms with E-state index in [1.54, 1.807) is 6.92 Å². The minimum atomic E-state index is -1.14. The van der Waals surface area contributed by atoms with Crippen molar-refractivity contribution in [2.75, 3.05) is 0 Å². The zero-order chi connectivity index (χ0) is 13.1. The van der Waals surface area contributed by atoms with E-state index in [2.05, 4.69) is 10.6 Å². The van der Waals surface area contributed by atoms with Crippen LogP contribution in [0.15, 0.2) is 0 Å². The largest absolute Gasteiger partial charge is 0.343 e. The van der Waals surface area contributed by atoms with E-state index in [-0.39, 0.29) is 18.7 Å². The average molecular weight is 237 g/mol. The number of hydrogen-bond acceptors (Lipinski definition) is 4. The summed E-state index contributed by atoms with van der Waals surface area (Å²) in [6.07, 6.45) is 0.844. The van der Waals surface area contributed by atoms with Crippen molar-refractivity contribution in [1.82, 2.24) is 10.6 Å². The molecule has 17 heavy (non-hydrogen) atoms. The van der Waals surface area contributed by atoms with Crippen molar-refractivity contribution >= 4 is 17.7 Å². The molecule has 6 heteroatoms. The Labute approximate surface area is 99.4 Å². The molecule has 1 saturated heterocycles. The van der Waals surface area contributed by atoms with Crippen LogP contribution in [0.3, 0.4) is 0 Å². The summed E-state index contributed by atoms with van der Waals surface area (Å²) in [6, 6.07) is 1.21. The van der Waals surface area contributed by atoms with Crippen LogP contribution in [0.25, 0.3) is 0 Å². The van der Waals surface area contributed by atoms with Gasteiger partial charge in [0, 0.05) is 6.42 Å². The topological polar surface area (TPSA) is 99.1 Å². The van der Waals surface area contributed by atoms with E-state index >= 15 is 0 Å². The van der Waals surface area contributed by atoms with Gasteiger partial charge in [-0.1, -0.05) is 6.92 Å². The first-order valence-corrected chi connectivity index (χ1v) is 5.49. The van der Waals surface area contributed by atoms with Crippen LogP contribution in [0.4, 0.5) is 0 Å². The molecule has 1 fully saturated rings. The minimum Gasteiger partial charge on any atom is -0.343 e. The summed E-state index contributed by atoms with van der Waals surface area (Å²) in [6.45, 7) is 3.25. The number of imide groups is 1. The molecule has 0 saturated carbocycles. The molecule has 0 aromatic carbocycles. The number of carbonyl (C=O) groups excluding carboxylic acids is 3. The number of piperidine rings is 1. The zero-order valence-electron chi connectivity index (χ0n) is 9.87. The van der Waals surface area contributed by atoms with Crippen LogP contribution < -0.4 is 10.6 Å². The van der Waals surface area contributed by atoms with Gasteiger partial charge in [-0.3, -0.25) is 19.7 Å². The van der Waals surface area contributed by atoms with Gasteiger partial charge in [0.25, 0.3) is 0 Å². The number of nitrogens with zero attached hydrogens (tertiary/aromatic N) is 1. The van der Waals surface area contributed by atoms with Gasteiger partial charge in [0.2, 0.25) is 17.7 Å². The number of amides is 3. The van der Waals surface area contributed by atoms with Gasteiger partial charge < -0.3 is 5.32 Å². The first-order valence-electron chi connectivity index (χ1n) is 5.49. The lowest BCUT2D eigenvalue weighted by molar-refractivity contribution is -0.138. The third-order valence-electron chi connectivity index (χ3n) is 3.00. The van der Waals surface area contributed by atoms with E-state index in [1.807, 2.05) is 6.07 Å². The lowest BCUT2D eigenvalue weighted by Gasteiger charge is -2.25. The summed E-state index contributed by atoms with van der Waals surface area (Å²) >= 11 is 0. The monoisotopic (exact) mass is 237 g/mol. The van der Waals surface area contributed by atoms with Gasteiger partial charge in [-0.15, -0.1) is 0 Å². The molecule has 0 aliphatic carbocycles. The molecular weight excluding hydrogens is 222 g/mol. The van der Waals surface area contributed by atoms with Gasteiger partial charge >= 0.3 is 0 Å². The third kappa shape index (κ3) is 2.81. The van der Waals surface area contributed by atoms with Crippen LogP contribution >= 0.6 is 0 Å². The molecule has 1 heterocycles. The van der Waals surface area contributed by atoms with Crippen molar-refractivity contribution < 1.29 is 14.4 Å². The summed E-state index contributed by atoms with van der Waals surface area (Å²) in [5, 5.41) is 13.6. The standard InChI is InChI=1S/C11H15N3O3/c1-3-11(2,6-12)10(17)13-7-4-5-8(15)14-9(7)16/h7H,3-5H2,1-2H3,(H,13,17)(H,14,15,16). The molecule has 2 unspecified atom stereocenters. The molecule has 1 rings (SSSR count). The van der Waals surface area contributed by atoms with Crippen LogP contribution in [0.2, 0.25) is 0 Å². The highest BCUT2D eigenvalue weighted by molar-refractivity contribution is 6.02. The lowest BCUT2D eigenvalue weighted by Crippen LogP contribution is -2.54. The fourth-order valence-corrected chi connectivity index (χ4v) is 1.44. The fraction of sp³-hybridized carbons (Fsp3) is 0.636. The van der Waals surface area contributed by atoms with E-state index in [1.165, 1.54) is 6.92 Å². The molecular formula is C11H15N3O3. The van der Waals surface area contributed by atoms with E-state index in [0.29, 0.717) is 6.42 Å². The van der Waals surface area contributed by atoms with Crippen LogP contribution in [0.1, 0.15) is 33.1 Å². The summed E-state index contributed by atoms with van der Waals surface area (Å²) < 4.78 is 0. The molecule has 2 N–H and O–H groups in total. The Kier molecular flexibility index (Phi) is 3.84. The first-order chi connectivity index (χ1) is 7.92. The van der Waals surface area contributed by atoms with Crippen LogP contribution in [0, 0.1) is 16.7 Å². The number of nitriles is 1. The number of hydrogen-bond donors (Lipinski definition) is 2.